The van der Waals surface area contributed by atoms with Gasteiger partial charge in [-0.2, -0.15) is 13.2 Å². The van der Waals surface area contributed by atoms with Crippen LogP contribution in [0.3, 0.4) is 0 Å². The molecule has 0 radical (unpaired) electrons. The maximum absolute atomic E-state index is 10.6. The standard InChI is InChI=1S/C32H34Cl2N4O3.C2HF3O2/c33-27-10-13-30(31(34)19-27)32(23-38-18-15-36-24-38)40-22-29(41-32)21-39-28-11-8-26(9-12-28)20-37(17-14-35)16-4-7-25-5-2-1-3-6-25;3-2(4,5)1(6)7/h1-13,15,18-19,24,29H,14,16-17,20-23,35H2;(H,6,7)/b7-4+;/t29-,32-;/m0./s1. The van der Waals surface area contributed by atoms with Crippen LogP contribution in [0.4, 0.5) is 13.2 Å². The van der Waals surface area contributed by atoms with Crippen LogP contribution in [0.1, 0.15) is 16.7 Å². The lowest BCUT2D eigenvalue weighted by atomic mass is 10.1. The van der Waals surface area contributed by atoms with Crippen LogP contribution in [0.25, 0.3) is 6.08 Å². The molecule has 0 spiro atoms. The molecule has 0 aliphatic carbocycles. The summed E-state index contributed by atoms with van der Waals surface area (Å²) in [5.41, 5.74) is 8.96. The average Bonchev–Trinajstić information content (AvgIpc) is 3.72. The van der Waals surface area contributed by atoms with Gasteiger partial charge in [0.2, 0.25) is 5.79 Å². The highest BCUT2D eigenvalue weighted by molar-refractivity contribution is 6.35. The van der Waals surface area contributed by atoms with Gasteiger partial charge in [-0.1, -0.05) is 83.9 Å². The molecule has 1 aliphatic rings. The highest BCUT2D eigenvalue weighted by Gasteiger charge is 2.45. The number of rotatable bonds is 13. The number of nitrogens with zero attached hydrogens (tertiary/aromatic N) is 3. The fraction of sp³-hybridized carbons (Fsp3) is 0.294. The van der Waals surface area contributed by atoms with Crippen molar-refractivity contribution in [2.45, 2.75) is 31.2 Å². The number of imidazole rings is 1. The highest BCUT2D eigenvalue weighted by atomic mass is 35.5. The predicted molar refractivity (Wildman–Crippen MR) is 177 cm³/mol. The average molecular weight is 708 g/mol. The summed E-state index contributed by atoms with van der Waals surface area (Å²) in [6.07, 6.45) is 4.24. The van der Waals surface area contributed by atoms with Crippen LogP contribution >= 0.6 is 23.2 Å². The van der Waals surface area contributed by atoms with Crippen LogP contribution in [0.15, 0.2) is 97.6 Å². The molecule has 0 amide bonds. The number of aromatic nitrogens is 2. The fourth-order valence-electron chi connectivity index (χ4n) is 4.83. The second kappa shape index (κ2) is 17.5. The Morgan fingerprint density at radius 2 is 1.88 bits per heavy atom. The Balaban J connectivity index is 0.000000671. The first kappa shape index (κ1) is 36.9. The van der Waals surface area contributed by atoms with Gasteiger partial charge >= 0.3 is 12.1 Å². The zero-order chi connectivity index (χ0) is 34.6. The number of hydrogen-bond acceptors (Lipinski definition) is 7. The van der Waals surface area contributed by atoms with E-state index in [1.165, 1.54) is 11.1 Å². The normalized spacial score (nSPS) is 17.8. The van der Waals surface area contributed by atoms with Gasteiger partial charge in [0, 0.05) is 49.2 Å². The molecule has 2 heterocycles. The molecular weight excluding hydrogens is 672 g/mol. The van der Waals surface area contributed by atoms with Crippen molar-refractivity contribution in [1.29, 1.82) is 0 Å². The smallest absolute Gasteiger partial charge is 0.490 e. The van der Waals surface area contributed by atoms with Crippen molar-refractivity contribution in [2.24, 2.45) is 5.73 Å². The number of carboxylic acids is 1. The number of alkyl halides is 3. The van der Waals surface area contributed by atoms with E-state index in [4.69, 9.17) is 53.0 Å². The maximum Gasteiger partial charge on any atom is 0.490 e. The molecule has 1 aliphatic heterocycles. The third-order valence-electron chi connectivity index (χ3n) is 7.08. The molecule has 1 fully saturated rings. The van der Waals surface area contributed by atoms with Crippen LogP contribution < -0.4 is 10.5 Å². The minimum absolute atomic E-state index is 0.290. The Bertz CT molecular complexity index is 1610. The Morgan fingerprint density at radius 1 is 1.15 bits per heavy atom. The van der Waals surface area contributed by atoms with E-state index in [9.17, 15) is 13.2 Å². The second-order valence-electron chi connectivity index (χ2n) is 10.8. The lowest BCUT2D eigenvalue weighted by Crippen LogP contribution is -2.34. The van der Waals surface area contributed by atoms with E-state index in [2.05, 4.69) is 46.3 Å². The van der Waals surface area contributed by atoms with E-state index in [-0.39, 0.29) is 6.10 Å². The van der Waals surface area contributed by atoms with E-state index in [1.807, 2.05) is 47.2 Å². The van der Waals surface area contributed by atoms with Crippen LogP contribution in [0, 0.1) is 0 Å². The zero-order valence-corrected chi connectivity index (χ0v) is 27.2. The minimum Gasteiger partial charge on any atom is -0.491 e. The number of hydrogen-bond donors (Lipinski definition) is 2. The van der Waals surface area contributed by atoms with Gasteiger partial charge in [-0.15, -0.1) is 0 Å². The first-order chi connectivity index (χ1) is 23.0. The Labute approximate surface area is 286 Å². The number of aliphatic carboxylic acids is 1. The van der Waals surface area contributed by atoms with Gasteiger partial charge in [-0.05, 0) is 35.4 Å². The molecule has 4 aromatic rings. The molecule has 48 heavy (non-hydrogen) atoms. The highest BCUT2D eigenvalue weighted by Crippen LogP contribution is 2.40. The summed E-state index contributed by atoms with van der Waals surface area (Å²) in [6.45, 7) is 4.12. The SMILES string of the molecule is NCCN(C/C=C/c1ccccc1)Cc1ccc(OC[C@H]2CO[C@](Cn3ccnc3)(c3ccc(Cl)cc3Cl)O2)cc1.O=C(O)C(F)(F)F. The van der Waals surface area contributed by atoms with E-state index >= 15 is 0 Å². The minimum atomic E-state index is -5.08. The lowest BCUT2D eigenvalue weighted by molar-refractivity contribution is -0.192. The Morgan fingerprint density at radius 3 is 2.50 bits per heavy atom. The summed E-state index contributed by atoms with van der Waals surface area (Å²) in [6, 6.07) is 23.8. The predicted octanol–water partition coefficient (Wildman–Crippen LogP) is 6.64. The lowest BCUT2D eigenvalue weighted by Gasteiger charge is -2.30. The number of carboxylic acid groups (broad SMARTS) is 1. The van der Waals surface area contributed by atoms with Crippen molar-refractivity contribution < 1.29 is 37.3 Å². The third-order valence-corrected chi connectivity index (χ3v) is 7.63. The Hall–Kier alpha value is -3.91. The summed E-state index contributed by atoms with van der Waals surface area (Å²) >= 11 is 12.7. The molecule has 2 atom stereocenters. The van der Waals surface area contributed by atoms with Crippen molar-refractivity contribution >= 4 is 35.2 Å². The molecular formula is C34H35Cl2F3N4O5. The van der Waals surface area contributed by atoms with Gasteiger partial charge in [0.1, 0.15) is 18.5 Å². The molecule has 0 unspecified atom stereocenters. The van der Waals surface area contributed by atoms with E-state index in [0.29, 0.717) is 41.9 Å². The summed E-state index contributed by atoms with van der Waals surface area (Å²) in [7, 11) is 0. The van der Waals surface area contributed by atoms with Crippen molar-refractivity contribution in [3.05, 3.63) is 124 Å². The van der Waals surface area contributed by atoms with Crippen molar-refractivity contribution in [2.75, 3.05) is 32.8 Å². The number of carbonyl (C=O) groups is 1. The monoisotopic (exact) mass is 706 g/mol. The molecule has 1 aromatic heterocycles. The first-order valence-corrected chi connectivity index (χ1v) is 15.6. The molecule has 1 saturated heterocycles. The van der Waals surface area contributed by atoms with Gasteiger partial charge in [0.05, 0.1) is 24.5 Å². The molecule has 3 aromatic carbocycles. The molecule has 5 rings (SSSR count). The largest absolute Gasteiger partial charge is 0.491 e. The van der Waals surface area contributed by atoms with Gasteiger partial charge in [0.25, 0.3) is 0 Å². The quantitative estimate of drug-likeness (QED) is 0.159. The van der Waals surface area contributed by atoms with Crippen molar-refractivity contribution in [1.82, 2.24) is 14.5 Å². The number of halogens is 5. The summed E-state index contributed by atoms with van der Waals surface area (Å²) < 4.78 is 52.5. The number of benzene rings is 3. The summed E-state index contributed by atoms with van der Waals surface area (Å²) in [5, 5.41) is 8.15. The number of nitrogens with two attached hydrogens (primary N) is 1. The van der Waals surface area contributed by atoms with Gasteiger partial charge in [-0.25, -0.2) is 9.78 Å². The second-order valence-corrected chi connectivity index (χ2v) is 11.6. The maximum atomic E-state index is 10.6. The van der Waals surface area contributed by atoms with Crippen LogP contribution in [0.2, 0.25) is 10.0 Å². The van der Waals surface area contributed by atoms with Crippen molar-refractivity contribution in [3.63, 3.8) is 0 Å². The van der Waals surface area contributed by atoms with Crippen LogP contribution in [0.5, 0.6) is 5.75 Å². The fourth-order valence-corrected chi connectivity index (χ4v) is 5.39. The van der Waals surface area contributed by atoms with Gasteiger partial charge in [-0.3, -0.25) is 4.90 Å². The molecule has 256 valence electrons. The molecule has 0 bridgehead atoms. The molecule has 9 nitrogen and oxygen atoms in total. The number of ether oxygens (including phenoxy) is 3. The van der Waals surface area contributed by atoms with Crippen LogP contribution in [-0.2, 0) is 33.1 Å². The van der Waals surface area contributed by atoms with E-state index in [0.717, 1.165) is 25.4 Å². The third kappa shape index (κ3) is 11.1. The molecule has 0 saturated carbocycles. The summed E-state index contributed by atoms with van der Waals surface area (Å²) in [5.74, 6) is -3.07. The topological polar surface area (TPSA) is 112 Å². The van der Waals surface area contributed by atoms with Gasteiger partial charge < -0.3 is 29.6 Å². The van der Waals surface area contributed by atoms with Crippen molar-refractivity contribution in [3.8, 4) is 5.75 Å². The summed E-state index contributed by atoms with van der Waals surface area (Å²) in [4.78, 5) is 15.4. The van der Waals surface area contributed by atoms with E-state index in [1.54, 1.807) is 24.7 Å². The Kier molecular flexibility index (Phi) is 13.4. The molecule has 3 N–H and O–H groups in total. The zero-order valence-electron chi connectivity index (χ0n) is 25.7. The van der Waals surface area contributed by atoms with Crippen LogP contribution in [-0.4, -0.2) is 70.7 Å². The first-order valence-electron chi connectivity index (χ1n) is 14.9. The van der Waals surface area contributed by atoms with Gasteiger partial charge in [0.15, 0.2) is 0 Å². The van der Waals surface area contributed by atoms with E-state index < -0.39 is 17.9 Å². The molecule has 14 heteroatoms.